The lowest BCUT2D eigenvalue weighted by molar-refractivity contribution is 0.0342. The number of nitrogens with zero attached hydrogens (tertiary/aromatic N) is 4. The van der Waals surface area contributed by atoms with E-state index in [1.54, 1.807) is 10.9 Å². The summed E-state index contributed by atoms with van der Waals surface area (Å²) in [5, 5.41) is 10.7. The molecule has 0 radical (unpaired) electrons. The molecule has 1 amide bonds. The van der Waals surface area contributed by atoms with E-state index in [0.717, 1.165) is 38.5 Å². The van der Waals surface area contributed by atoms with Crippen LogP contribution in [0.15, 0.2) is 30.6 Å². The highest BCUT2D eigenvalue weighted by Gasteiger charge is 2.16. The van der Waals surface area contributed by atoms with Crippen molar-refractivity contribution in [3.8, 4) is 5.69 Å². The van der Waals surface area contributed by atoms with Gasteiger partial charge < -0.3 is 10.1 Å². The van der Waals surface area contributed by atoms with Crippen molar-refractivity contribution >= 4 is 5.91 Å². The number of benzene rings is 1. The van der Waals surface area contributed by atoms with Gasteiger partial charge in [0.05, 0.1) is 13.2 Å². The fourth-order valence-corrected chi connectivity index (χ4v) is 2.68. The normalized spacial score (nSPS) is 15.6. The molecule has 2 heterocycles. The summed E-state index contributed by atoms with van der Waals surface area (Å²) in [5.41, 5.74) is 2.11. The summed E-state index contributed by atoms with van der Waals surface area (Å²) in [6.07, 6.45) is 1.56. The van der Waals surface area contributed by atoms with Crippen molar-refractivity contribution in [2.24, 2.45) is 0 Å². The van der Waals surface area contributed by atoms with E-state index >= 15 is 0 Å². The Hall–Kier alpha value is -2.25. The molecule has 1 fully saturated rings. The molecule has 0 aliphatic carbocycles. The molecule has 1 saturated heterocycles. The molecule has 0 atom stereocenters. The number of hydrogen-bond acceptors (Lipinski definition) is 5. The lowest BCUT2D eigenvalue weighted by Gasteiger charge is -2.26. The lowest BCUT2D eigenvalue weighted by atomic mass is 10.2. The van der Waals surface area contributed by atoms with E-state index in [2.05, 4.69) is 32.5 Å². The molecule has 1 N–H and O–H groups in total. The molecule has 0 saturated carbocycles. The van der Waals surface area contributed by atoms with Crippen molar-refractivity contribution in [1.82, 2.24) is 25.0 Å². The van der Waals surface area contributed by atoms with E-state index in [1.165, 1.54) is 5.56 Å². The Morgan fingerprint density at radius 3 is 2.62 bits per heavy atom. The zero-order chi connectivity index (χ0) is 16.9. The van der Waals surface area contributed by atoms with Crippen molar-refractivity contribution < 1.29 is 9.53 Å². The lowest BCUT2D eigenvalue weighted by Crippen LogP contribution is -2.35. The van der Waals surface area contributed by atoms with Gasteiger partial charge in [-0.05, 0) is 31.5 Å². The molecule has 1 aliphatic rings. The maximum atomic E-state index is 12.2. The number of carbonyl (C=O) groups excluding carboxylic acids is 1. The van der Waals surface area contributed by atoms with Crippen LogP contribution in [0.3, 0.4) is 0 Å². The van der Waals surface area contributed by atoms with Gasteiger partial charge in [-0.15, -0.1) is 10.2 Å². The van der Waals surface area contributed by atoms with Crippen molar-refractivity contribution in [3.05, 3.63) is 42.0 Å². The van der Waals surface area contributed by atoms with Crippen molar-refractivity contribution in [3.63, 3.8) is 0 Å². The number of carbonyl (C=O) groups is 1. The van der Waals surface area contributed by atoms with Gasteiger partial charge in [0, 0.05) is 31.4 Å². The smallest absolute Gasteiger partial charge is 0.289 e. The minimum absolute atomic E-state index is 0.0542. The molecule has 128 valence electrons. The summed E-state index contributed by atoms with van der Waals surface area (Å²) in [5.74, 6) is 0.0736. The number of aromatic nitrogens is 3. The Morgan fingerprint density at radius 2 is 1.96 bits per heavy atom. The zero-order valence-electron chi connectivity index (χ0n) is 14.1. The average molecular weight is 329 g/mol. The highest BCUT2D eigenvalue weighted by molar-refractivity contribution is 5.91. The molecule has 0 bridgehead atoms. The van der Waals surface area contributed by atoms with E-state index in [9.17, 15) is 4.79 Å². The third-order valence-corrected chi connectivity index (χ3v) is 3.90. The van der Waals surface area contributed by atoms with Gasteiger partial charge in [-0.2, -0.15) is 0 Å². The number of ether oxygens (including phenoxy) is 1. The van der Waals surface area contributed by atoms with Crippen LogP contribution in [-0.4, -0.2) is 57.9 Å². The van der Waals surface area contributed by atoms with Crippen molar-refractivity contribution in [1.29, 1.82) is 0 Å². The average Bonchev–Trinajstić information content (AvgIpc) is 3.06. The predicted molar refractivity (Wildman–Crippen MR) is 90.1 cm³/mol. The Morgan fingerprint density at radius 1 is 1.25 bits per heavy atom. The highest BCUT2D eigenvalue weighted by atomic mass is 16.5. The molecule has 24 heavy (non-hydrogen) atoms. The van der Waals surface area contributed by atoms with Crippen LogP contribution < -0.4 is 5.32 Å². The van der Waals surface area contributed by atoms with Crippen LogP contribution in [0.25, 0.3) is 5.69 Å². The van der Waals surface area contributed by atoms with E-state index in [-0.39, 0.29) is 11.9 Å². The van der Waals surface area contributed by atoms with Crippen molar-refractivity contribution in [2.45, 2.75) is 26.4 Å². The fourth-order valence-electron chi connectivity index (χ4n) is 2.68. The molecular weight excluding hydrogens is 306 g/mol. The Kier molecular flexibility index (Phi) is 5.22. The summed E-state index contributed by atoms with van der Waals surface area (Å²) in [6.45, 7) is 8.27. The molecule has 7 heteroatoms. The van der Waals surface area contributed by atoms with Crippen LogP contribution in [0.5, 0.6) is 0 Å². The summed E-state index contributed by atoms with van der Waals surface area (Å²) in [7, 11) is 0. The first-order valence-corrected chi connectivity index (χ1v) is 8.24. The van der Waals surface area contributed by atoms with E-state index in [4.69, 9.17) is 4.74 Å². The first-order valence-electron chi connectivity index (χ1n) is 8.24. The van der Waals surface area contributed by atoms with E-state index in [1.807, 2.05) is 26.0 Å². The summed E-state index contributed by atoms with van der Waals surface area (Å²) in [4.78, 5) is 14.6. The first kappa shape index (κ1) is 16.6. The Labute approximate surface area is 141 Å². The number of nitrogens with one attached hydrogen (secondary N) is 1. The second-order valence-electron chi connectivity index (χ2n) is 6.21. The summed E-state index contributed by atoms with van der Waals surface area (Å²) < 4.78 is 7.08. The third kappa shape index (κ3) is 3.98. The summed E-state index contributed by atoms with van der Waals surface area (Å²) >= 11 is 0. The quantitative estimate of drug-likeness (QED) is 0.893. The monoisotopic (exact) mass is 329 g/mol. The topological polar surface area (TPSA) is 72.3 Å². The molecule has 3 rings (SSSR count). The number of morpholine rings is 1. The molecule has 2 aromatic rings. The van der Waals surface area contributed by atoms with Crippen LogP contribution in [0.4, 0.5) is 0 Å². The Bertz CT molecular complexity index is 675. The minimum atomic E-state index is -0.222. The van der Waals surface area contributed by atoms with Crippen LogP contribution in [0, 0.1) is 0 Å². The zero-order valence-corrected chi connectivity index (χ0v) is 14.1. The second kappa shape index (κ2) is 7.55. The van der Waals surface area contributed by atoms with Gasteiger partial charge in [-0.1, -0.05) is 12.1 Å². The third-order valence-electron chi connectivity index (χ3n) is 3.90. The predicted octanol–water partition coefficient (Wildman–Crippen LogP) is 1.24. The van der Waals surface area contributed by atoms with Crippen LogP contribution in [0.1, 0.15) is 30.0 Å². The van der Waals surface area contributed by atoms with E-state index in [0.29, 0.717) is 5.82 Å². The molecule has 1 aliphatic heterocycles. The number of amides is 1. The molecule has 7 nitrogen and oxygen atoms in total. The SMILES string of the molecule is CC(C)NC(=O)c1nncn1-c1ccc(CN2CCOCC2)cc1. The summed E-state index contributed by atoms with van der Waals surface area (Å²) in [6, 6.07) is 8.19. The first-order chi connectivity index (χ1) is 11.6. The van der Waals surface area contributed by atoms with E-state index < -0.39 is 0 Å². The Balaban J connectivity index is 1.72. The van der Waals surface area contributed by atoms with Gasteiger partial charge in [0.25, 0.3) is 5.91 Å². The largest absolute Gasteiger partial charge is 0.379 e. The van der Waals surface area contributed by atoms with Gasteiger partial charge in [0.15, 0.2) is 0 Å². The fraction of sp³-hybridized carbons (Fsp3) is 0.471. The standard InChI is InChI=1S/C17H23N5O2/c1-13(2)19-17(23)16-20-18-12-22(16)15-5-3-14(4-6-15)11-21-7-9-24-10-8-21/h3-6,12-13H,7-11H2,1-2H3,(H,19,23). The molecule has 0 spiro atoms. The van der Waals surface area contributed by atoms with Crippen LogP contribution in [0.2, 0.25) is 0 Å². The molecule has 1 aromatic heterocycles. The maximum Gasteiger partial charge on any atom is 0.289 e. The number of rotatable bonds is 5. The second-order valence-corrected chi connectivity index (χ2v) is 6.21. The molecular formula is C17H23N5O2. The van der Waals surface area contributed by atoms with Crippen molar-refractivity contribution in [2.75, 3.05) is 26.3 Å². The van der Waals surface area contributed by atoms with Gasteiger partial charge in [-0.3, -0.25) is 14.3 Å². The molecule has 0 unspecified atom stereocenters. The maximum absolute atomic E-state index is 12.2. The van der Waals surface area contributed by atoms with Gasteiger partial charge >= 0.3 is 0 Å². The highest BCUT2D eigenvalue weighted by Crippen LogP contribution is 2.13. The number of hydrogen-bond donors (Lipinski definition) is 1. The minimum Gasteiger partial charge on any atom is -0.379 e. The van der Waals surface area contributed by atoms with Gasteiger partial charge in [0.2, 0.25) is 5.82 Å². The van der Waals surface area contributed by atoms with Crippen LogP contribution >= 0.6 is 0 Å². The van der Waals surface area contributed by atoms with Gasteiger partial charge in [0.1, 0.15) is 6.33 Å². The molecule has 1 aromatic carbocycles. The van der Waals surface area contributed by atoms with Gasteiger partial charge in [-0.25, -0.2) is 0 Å². The van der Waals surface area contributed by atoms with Crippen LogP contribution in [-0.2, 0) is 11.3 Å².